The Kier molecular flexibility index (Phi) is 4.50. The van der Waals surface area contributed by atoms with Crippen molar-refractivity contribution in [2.75, 3.05) is 11.9 Å². The minimum Gasteiger partial charge on any atom is -0.371 e. The van der Waals surface area contributed by atoms with Gasteiger partial charge in [-0.15, -0.1) is 10.2 Å². The summed E-state index contributed by atoms with van der Waals surface area (Å²) < 4.78 is 7.71. The van der Waals surface area contributed by atoms with Gasteiger partial charge in [-0.25, -0.2) is 0 Å². The average Bonchev–Trinajstić information content (AvgIpc) is 3.34. The van der Waals surface area contributed by atoms with Gasteiger partial charge in [-0.05, 0) is 37.5 Å². The summed E-state index contributed by atoms with van der Waals surface area (Å²) in [6, 6.07) is 8.32. The molecule has 6 nitrogen and oxygen atoms in total. The van der Waals surface area contributed by atoms with Gasteiger partial charge in [-0.3, -0.25) is 4.79 Å². The van der Waals surface area contributed by atoms with Gasteiger partial charge in [0.2, 0.25) is 11.0 Å². The number of hydrogen-bond acceptors (Lipinski definition) is 5. The smallest absolute Gasteiger partial charge is 0.227 e. The maximum atomic E-state index is 12.2. The topological polar surface area (TPSA) is 69.0 Å². The van der Waals surface area contributed by atoms with Crippen LogP contribution in [-0.4, -0.2) is 27.3 Å². The fraction of sp³-hybridized carbons (Fsp3) is 0.389. The largest absolute Gasteiger partial charge is 0.371 e. The average molecular weight is 356 g/mol. The van der Waals surface area contributed by atoms with Crippen LogP contribution in [0.4, 0.5) is 5.13 Å². The fourth-order valence-corrected chi connectivity index (χ4v) is 4.01. The maximum Gasteiger partial charge on any atom is 0.227 e. The van der Waals surface area contributed by atoms with Gasteiger partial charge in [0.25, 0.3) is 0 Å². The number of anilines is 1. The van der Waals surface area contributed by atoms with Gasteiger partial charge in [0.15, 0.2) is 0 Å². The molecular formula is C18H20N4O2S. The van der Waals surface area contributed by atoms with Crippen LogP contribution in [0.5, 0.6) is 0 Å². The van der Waals surface area contributed by atoms with E-state index in [0.29, 0.717) is 18.1 Å². The quantitative estimate of drug-likeness (QED) is 0.757. The van der Waals surface area contributed by atoms with E-state index in [-0.39, 0.29) is 12.0 Å². The Bertz CT molecular complexity index is 896. The number of hydrogen-bond donors (Lipinski definition) is 1. The number of nitrogens with one attached hydrogen (secondary N) is 1. The molecule has 3 heterocycles. The molecular weight excluding hydrogens is 336 g/mol. The van der Waals surface area contributed by atoms with Crippen LogP contribution < -0.4 is 5.32 Å². The lowest BCUT2D eigenvalue weighted by molar-refractivity contribution is -0.116. The standard InChI is InChI=1S/C18H20N4O2S/c1-12-4-2-5-14-13(12)7-9-22(14)10-8-16(23)19-18-21-20-17(25-18)15-6-3-11-24-15/h2,4-5,7,9,15H,3,6,8,10-11H2,1H3,(H,19,21,23)/t15-/m0/s1. The van der Waals surface area contributed by atoms with E-state index in [4.69, 9.17) is 4.74 Å². The third-order valence-corrected chi connectivity index (χ3v) is 5.43. The van der Waals surface area contributed by atoms with Gasteiger partial charge in [0.05, 0.1) is 0 Å². The van der Waals surface area contributed by atoms with E-state index in [1.54, 1.807) is 0 Å². The monoisotopic (exact) mass is 356 g/mol. The van der Waals surface area contributed by atoms with Crippen LogP contribution in [0.25, 0.3) is 10.9 Å². The molecule has 1 atom stereocenters. The lowest BCUT2D eigenvalue weighted by Crippen LogP contribution is -2.14. The summed E-state index contributed by atoms with van der Waals surface area (Å²) in [6.45, 7) is 3.51. The summed E-state index contributed by atoms with van der Waals surface area (Å²) in [5.41, 5.74) is 2.40. The number of aromatic nitrogens is 3. The second-order valence-electron chi connectivity index (χ2n) is 6.26. The molecule has 1 fully saturated rings. The van der Waals surface area contributed by atoms with E-state index < -0.39 is 0 Å². The van der Waals surface area contributed by atoms with Gasteiger partial charge >= 0.3 is 0 Å². The van der Waals surface area contributed by atoms with Crippen molar-refractivity contribution in [2.45, 2.75) is 38.8 Å². The second-order valence-corrected chi connectivity index (χ2v) is 7.27. The molecule has 0 saturated carbocycles. The Labute approximate surface area is 149 Å². The zero-order valence-corrected chi connectivity index (χ0v) is 14.9. The number of carbonyl (C=O) groups is 1. The summed E-state index contributed by atoms with van der Waals surface area (Å²) in [6.07, 6.45) is 4.49. The van der Waals surface area contributed by atoms with Crippen LogP contribution in [0.3, 0.4) is 0 Å². The molecule has 0 aliphatic carbocycles. The van der Waals surface area contributed by atoms with Crippen molar-refractivity contribution in [3.8, 4) is 0 Å². The maximum absolute atomic E-state index is 12.2. The van der Waals surface area contributed by atoms with Crippen LogP contribution in [0.15, 0.2) is 30.5 Å². The Morgan fingerprint density at radius 1 is 1.40 bits per heavy atom. The highest BCUT2D eigenvalue weighted by atomic mass is 32.1. The highest BCUT2D eigenvalue weighted by Gasteiger charge is 2.22. The molecule has 1 N–H and O–H groups in total. The van der Waals surface area contributed by atoms with Crippen LogP contribution in [0.1, 0.15) is 35.9 Å². The van der Waals surface area contributed by atoms with Gasteiger partial charge in [-0.1, -0.05) is 23.5 Å². The number of ether oxygens (including phenoxy) is 1. The molecule has 2 aromatic heterocycles. The molecule has 4 rings (SSSR count). The number of nitrogens with zero attached hydrogens (tertiary/aromatic N) is 3. The Morgan fingerprint density at radius 2 is 2.32 bits per heavy atom. The van der Waals surface area contributed by atoms with Gasteiger partial charge in [-0.2, -0.15) is 0 Å². The molecule has 1 aromatic carbocycles. The summed E-state index contributed by atoms with van der Waals surface area (Å²) in [5, 5.41) is 13.7. The minimum atomic E-state index is -0.0513. The predicted octanol–water partition coefficient (Wildman–Crippen LogP) is 3.68. The first-order valence-electron chi connectivity index (χ1n) is 8.50. The van der Waals surface area contributed by atoms with Crippen molar-refractivity contribution in [1.29, 1.82) is 0 Å². The SMILES string of the molecule is Cc1cccc2c1ccn2CCC(=O)Nc1nnc([C@@H]2CCCO2)s1. The number of aryl methyl sites for hydroxylation is 2. The summed E-state index contributed by atoms with van der Waals surface area (Å²) >= 11 is 1.40. The van der Waals surface area contributed by atoms with Crippen molar-refractivity contribution in [2.24, 2.45) is 0 Å². The zero-order chi connectivity index (χ0) is 17.2. The lowest BCUT2D eigenvalue weighted by Gasteiger charge is -2.06. The second kappa shape index (κ2) is 6.93. The number of rotatable bonds is 5. The molecule has 7 heteroatoms. The Balaban J connectivity index is 1.36. The molecule has 1 saturated heterocycles. The predicted molar refractivity (Wildman–Crippen MR) is 97.8 cm³/mol. The third kappa shape index (κ3) is 3.43. The molecule has 0 unspecified atom stereocenters. The van der Waals surface area contributed by atoms with Crippen LogP contribution in [-0.2, 0) is 16.1 Å². The van der Waals surface area contributed by atoms with Crippen molar-refractivity contribution < 1.29 is 9.53 Å². The van der Waals surface area contributed by atoms with Gasteiger partial charge in [0.1, 0.15) is 11.1 Å². The van der Waals surface area contributed by atoms with E-state index in [2.05, 4.69) is 45.2 Å². The van der Waals surface area contributed by atoms with E-state index >= 15 is 0 Å². The van der Waals surface area contributed by atoms with E-state index in [1.165, 1.54) is 22.3 Å². The Morgan fingerprint density at radius 3 is 3.16 bits per heavy atom. The normalized spacial score (nSPS) is 17.2. The van der Waals surface area contributed by atoms with Crippen molar-refractivity contribution in [3.63, 3.8) is 0 Å². The van der Waals surface area contributed by atoms with Crippen molar-refractivity contribution in [3.05, 3.63) is 41.0 Å². The summed E-state index contributed by atoms with van der Waals surface area (Å²) in [7, 11) is 0. The molecule has 1 amide bonds. The molecule has 130 valence electrons. The van der Waals surface area contributed by atoms with E-state index in [1.807, 2.05) is 12.3 Å². The summed E-state index contributed by atoms with van der Waals surface area (Å²) in [4.78, 5) is 12.2. The molecule has 25 heavy (non-hydrogen) atoms. The van der Waals surface area contributed by atoms with Crippen LogP contribution >= 0.6 is 11.3 Å². The fourth-order valence-electron chi connectivity index (χ4n) is 3.16. The summed E-state index contributed by atoms with van der Waals surface area (Å²) in [5.74, 6) is -0.0513. The van der Waals surface area contributed by atoms with Gasteiger partial charge < -0.3 is 14.6 Å². The van der Waals surface area contributed by atoms with Crippen molar-refractivity contribution >= 4 is 33.3 Å². The number of fused-ring (bicyclic) bond motifs is 1. The van der Waals surface area contributed by atoms with Crippen LogP contribution in [0.2, 0.25) is 0 Å². The number of carbonyl (C=O) groups excluding carboxylic acids is 1. The number of benzene rings is 1. The molecule has 0 radical (unpaired) electrons. The number of amides is 1. The lowest BCUT2D eigenvalue weighted by atomic mass is 10.1. The molecule has 0 spiro atoms. The third-order valence-electron chi connectivity index (χ3n) is 4.50. The zero-order valence-electron chi connectivity index (χ0n) is 14.1. The molecule has 1 aliphatic heterocycles. The van der Waals surface area contributed by atoms with E-state index in [0.717, 1.165) is 30.0 Å². The molecule has 3 aromatic rings. The van der Waals surface area contributed by atoms with E-state index in [9.17, 15) is 4.79 Å². The Hall–Kier alpha value is -2.25. The van der Waals surface area contributed by atoms with Crippen LogP contribution in [0, 0.1) is 6.92 Å². The molecule has 1 aliphatic rings. The van der Waals surface area contributed by atoms with Gasteiger partial charge in [0, 0.05) is 36.7 Å². The highest BCUT2D eigenvalue weighted by molar-refractivity contribution is 7.15. The van der Waals surface area contributed by atoms with Crippen molar-refractivity contribution in [1.82, 2.24) is 14.8 Å². The first kappa shape index (κ1) is 16.2. The molecule has 0 bridgehead atoms. The first-order chi connectivity index (χ1) is 12.2. The minimum absolute atomic E-state index is 0.0395. The highest BCUT2D eigenvalue weighted by Crippen LogP contribution is 2.31. The first-order valence-corrected chi connectivity index (χ1v) is 9.31.